The van der Waals surface area contributed by atoms with Gasteiger partial charge in [-0.3, -0.25) is 0 Å². The summed E-state index contributed by atoms with van der Waals surface area (Å²) in [4.78, 5) is 23.3. The average molecular weight is 281 g/mol. The van der Waals surface area contributed by atoms with Gasteiger partial charge < -0.3 is 14.7 Å². The lowest BCUT2D eigenvalue weighted by molar-refractivity contribution is -0.200. The minimum atomic E-state index is -4.16. The van der Waals surface area contributed by atoms with E-state index in [1.165, 1.54) is 7.05 Å². The maximum Gasteiger partial charge on any atom is 0.410 e. The normalized spacial score (nSPS) is 13.1. The van der Waals surface area contributed by atoms with E-state index in [4.69, 9.17) is 5.11 Å². The van der Waals surface area contributed by atoms with Crippen LogP contribution in [0.25, 0.3) is 0 Å². The zero-order chi connectivity index (χ0) is 15.6. The highest BCUT2D eigenvalue weighted by Crippen LogP contribution is 2.32. The largest absolute Gasteiger partial charge is 0.477 e. The van der Waals surface area contributed by atoms with E-state index in [1.807, 2.05) is 20.8 Å². The number of halogens is 2. The molecule has 0 rings (SSSR count). The van der Waals surface area contributed by atoms with Crippen molar-refractivity contribution < 1.29 is 28.2 Å². The summed E-state index contributed by atoms with van der Waals surface area (Å²) < 4.78 is 31.4. The molecule has 0 fully saturated rings. The molecule has 0 bridgehead atoms. The van der Waals surface area contributed by atoms with Gasteiger partial charge in [-0.2, -0.15) is 8.78 Å². The van der Waals surface area contributed by atoms with Gasteiger partial charge in [0.2, 0.25) is 0 Å². The molecule has 0 radical (unpaired) electrons. The zero-order valence-corrected chi connectivity index (χ0v) is 12.1. The molecule has 0 spiro atoms. The van der Waals surface area contributed by atoms with Crippen LogP contribution in [-0.2, 0) is 9.53 Å². The third kappa shape index (κ3) is 4.65. The molecule has 0 aromatic carbocycles. The first-order chi connectivity index (χ1) is 8.21. The van der Waals surface area contributed by atoms with Gasteiger partial charge in [0.25, 0.3) is 0 Å². The maximum atomic E-state index is 13.4. The Morgan fingerprint density at radius 2 is 1.58 bits per heavy atom. The van der Waals surface area contributed by atoms with Crippen LogP contribution in [0, 0.1) is 5.41 Å². The van der Waals surface area contributed by atoms with E-state index < -0.39 is 23.6 Å². The van der Waals surface area contributed by atoms with E-state index in [0.29, 0.717) is 6.54 Å². The fourth-order valence-corrected chi connectivity index (χ4v) is 1.39. The number of carboxylic acids is 1. The van der Waals surface area contributed by atoms with Crippen LogP contribution in [0.3, 0.4) is 0 Å². The van der Waals surface area contributed by atoms with Crippen molar-refractivity contribution in [1.82, 2.24) is 4.90 Å². The minimum absolute atomic E-state index is 0.229. The van der Waals surface area contributed by atoms with Crippen molar-refractivity contribution in [2.24, 2.45) is 5.41 Å². The molecule has 0 aromatic rings. The van der Waals surface area contributed by atoms with Crippen LogP contribution >= 0.6 is 0 Å². The van der Waals surface area contributed by atoms with E-state index >= 15 is 0 Å². The molecule has 0 atom stereocenters. The van der Waals surface area contributed by atoms with Gasteiger partial charge in [0, 0.05) is 13.6 Å². The summed E-state index contributed by atoms with van der Waals surface area (Å²) in [5.41, 5.74) is -2.66. The van der Waals surface area contributed by atoms with Crippen molar-refractivity contribution in [1.29, 1.82) is 0 Å². The van der Waals surface area contributed by atoms with Gasteiger partial charge in [0.15, 0.2) is 5.60 Å². The fourth-order valence-electron chi connectivity index (χ4n) is 1.39. The van der Waals surface area contributed by atoms with Gasteiger partial charge in [-0.15, -0.1) is 0 Å². The molecule has 19 heavy (non-hydrogen) atoms. The molecule has 0 saturated heterocycles. The molecule has 0 saturated carbocycles. The summed E-state index contributed by atoms with van der Waals surface area (Å²) in [5, 5.41) is 8.46. The lowest BCUT2D eigenvalue weighted by Gasteiger charge is -2.33. The maximum absolute atomic E-state index is 13.4. The van der Waals surface area contributed by atoms with Gasteiger partial charge in [0.05, 0.1) is 0 Å². The second-order valence-electron chi connectivity index (χ2n) is 6.17. The van der Waals surface area contributed by atoms with E-state index in [1.54, 1.807) is 0 Å². The van der Waals surface area contributed by atoms with E-state index in [0.717, 1.165) is 18.7 Å². The van der Waals surface area contributed by atoms with Crippen molar-refractivity contribution >= 4 is 12.1 Å². The van der Waals surface area contributed by atoms with Crippen molar-refractivity contribution in [2.45, 2.75) is 46.1 Å². The van der Waals surface area contributed by atoms with E-state index in [-0.39, 0.29) is 5.41 Å². The van der Waals surface area contributed by atoms with Gasteiger partial charge in [-0.05, 0) is 19.3 Å². The fraction of sp³-hybridized carbons (Fsp3) is 0.833. The number of carbonyl (C=O) groups excluding carboxylic acids is 1. The molecule has 1 amide bonds. The lowest BCUT2D eigenvalue weighted by Crippen LogP contribution is -2.53. The third-order valence-corrected chi connectivity index (χ3v) is 2.39. The molecule has 0 aliphatic carbocycles. The lowest BCUT2D eigenvalue weighted by atomic mass is 9.96. The second kappa shape index (κ2) is 5.30. The number of nitrogens with zero attached hydrogens (tertiary/aromatic N) is 1. The molecule has 7 heteroatoms. The molecule has 0 heterocycles. The van der Waals surface area contributed by atoms with Crippen molar-refractivity contribution in [3.8, 4) is 0 Å². The van der Waals surface area contributed by atoms with Gasteiger partial charge in [0.1, 0.15) is 0 Å². The van der Waals surface area contributed by atoms with Gasteiger partial charge >= 0.3 is 18.0 Å². The molecule has 112 valence electrons. The Hall–Kier alpha value is -1.40. The molecule has 0 aliphatic heterocycles. The SMILES string of the molecule is CN(CC(C)(C)C)C(=O)OC(C)(C)C(F)(F)C(=O)O. The summed E-state index contributed by atoms with van der Waals surface area (Å²) in [7, 11) is 1.41. The molecular weight excluding hydrogens is 260 g/mol. The second-order valence-corrected chi connectivity index (χ2v) is 6.17. The molecular formula is C12H21F2NO4. The van der Waals surface area contributed by atoms with Crippen molar-refractivity contribution in [3.63, 3.8) is 0 Å². The number of aliphatic carboxylic acids is 1. The minimum Gasteiger partial charge on any atom is -0.477 e. The van der Waals surface area contributed by atoms with Crippen LogP contribution in [0.4, 0.5) is 13.6 Å². The van der Waals surface area contributed by atoms with Crippen molar-refractivity contribution in [3.05, 3.63) is 0 Å². The molecule has 0 unspecified atom stereocenters. The molecule has 0 aromatic heterocycles. The van der Waals surface area contributed by atoms with Crippen LogP contribution in [0.5, 0.6) is 0 Å². The molecule has 1 N–H and O–H groups in total. The Bertz CT molecular complexity index is 361. The Morgan fingerprint density at radius 1 is 1.16 bits per heavy atom. The smallest absolute Gasteiger partial charge is 0.410 e. The number of carbonyl (C=O) groups is 2. The Morgan fingerprint density at radius 3 is 1.89 bits per heavy atom. The summed E-state index contributed by atoms with van der Waals surface area (Å²) >= 11 is 0. The number of rotatable bonds is 4. The number of carboxylic acid groups (broad SMARTS) is 1. The predicted octanol–water partition coefficient (Wildman–Crippen LogP) is 2.60. The number of ether oxygens (including phenoxy) is 1. The Labute approximate surface area is 111 Å². The first kappa shape index (κ1) is 17.6. The highest BCUT2D eigenvalue weighted by molar-refractivity contribution is 5.78. The first-order valence-corrected chi connectivity index (χ1v) is 5.76. The summed E-state index contributed by atoms with van der Waals surface area (Å²) in [5.74, 6) is -6.49. The zero-order valence-electron chi connectivity index (χ0n) is 12.1. The van der Waals surface area contributed by atoms with Gasteiger partial charge in [-0.25, -0.2) is 9.59 Å². The van der Waals surface area contributed by atoms with Crippen LogP contribution in [0.1, 0.15) is 34.6 Å². The predicted molar refractivity (Wildman–Crippen MR) is 65.2 cm³/mol. The molecule has 0 aliphatic rings. The summed E-state index contributed by atoms with van der Waals surface area (Å²) in [6, 6.07) is 0. The highest BCUT2D eigenvalue weighted by Gasteiger charge is 2.57. The van der Waals surface area contributed by atoms with Crippen LogP contribution in [-0.4, -0.2) is 47.2 Å². The van der Waals surface area contributed by atoms with Crippen molar-refractivity contribution in [2.75, 3.05) is 13.6 Å². The monoisotopic (exact) mass is 281 g/mol. The van der Waals surface area contributed by atoms with E-state index in [2.05, 4.69) is 4.74 Å². The van der Waals surface area contributed by atoms with Crippen LogP contribution < -0.4 is 0 Å². The summed E-state index contributed by atoms with van der Waals surface area (Å²) in [6.45, 7) is 7.63. The standard InChI is InChI=1S/C12H21F2NO4/c1-10(2,3)7-15(6)9(18)19-11(4,5)12(13,14)8(16)17/h7H2,1-6H3,(H,16,17). The number of alkyl halides is 2. The molecule has 5 nitrogen and oxygen atoms in total. The first-order valence-electron chi connectivity index (χ1n) is 5.76. The van der Waals surface area contributed by atoms with Gasteiger partial charge in [-0.1, -0.05) is 20.8 Å². The van der Waals surface area contributed by atoms with Crippen LogP contribution in [0.2, 0.25) is 0 Å². The van der Waals surface area contributed by atoms with Crippen LogP contribution in [0.15, 0.2) is 0 Å². The Balaban J connectivity index is 4.85. The summed E-state index contributed by atoms with van der Waals surface area (Å²) in [6.07, 6.45) is -0.985. The quantitative estimate of drug-likeness (QED) is 0.860. The third-order valence-electron chi connectivity index (χ3n) is 2.39. The number of amides is 1. The topological polar surface area (TPSA) is 66.8 Å². The number of hydrogen-bond donors (Lipinski definition) is 1. The highest BCUT2D eigenvalue weighted by atomic mass is 19.3. The Kier molecular flexibility index (Phi) is 4.91. The number of hydrogen-bond acceptors (Lipinski definition) is 3. The average Bonchev–Trinajstić information content (AvgIpc) is 2.13. The van der Waals surface area contributed by atoms with E-state index in [9.17, 15) is 18.4 Å².